The van der Waals surface area contributed by atoms with Crippen molar-refractivity contribution < 1.29 is 14.3 Å². The second kappa shape index (κ2) is 10.5. The fraction of sp³-hybridized carbons (Fsp3) is 0.458. The van der Waals surface area contributed by atoms with E-state index in [1.807, 2.05) is 18.2 Å². The Morgan fingerprint density at radius 2 is 1.87 bits per heavy atom. The van der Waals surface area contributed by atoms with Crippen LogP contribution in [0.2, 0.25) is 0 Å². The molecule has 1 amide bonds. The Morgan fingerprint density at radius 3 is 2.57 bits per heavy atom. The molecule has 2 aromatic carbocycles. The molecular formula is C24H32FN3O2. The number of amides is 1. The van der Waals surface area contributed by atoms with Gasteiger partial charge in [-0.15, -0.1) is 0 Å². The van der Waals surface area contributed by atoms with Gasteiger partial charge in [-0.25, -0.2) is 4.39 Å². The predicted octanol–water partition coefficient (Wildman–Crippen LogP) is 3.08. The van der Waals surface area contributed by atoms with E-state index in [0.717, 1.165) is 18.7 Å². The Labute approximate surface area is 178 Å². The zero-order valence-corrected chi connectivity index (χ0v) is 17.8. The number of nitrogens with zero attached hydrogens (tertiary/aromatic N) is 1. The number of benzene rings is 2. The molecule has 6 heteroatoms. The molecule has 1 heterocycles. The molecule has 2 atom stereocenters. The van der Waals surface area contributed by atoms with E-state index in [1.54, 1.807) is 24.3 Å². The average Bonchev–Trinajstić information content (AvgIpc) is 3.11. The van der Waals surface area contributed by atoms with Gasteiger partial charge in [-0.3, -0.25) is 9.69 Å². The monoisotopic (exact) mass is 413 g/mol. The Bertz CT molecular complexity index is 843. The summed E-state index contributed by atoms with van der Waals surface area (Å²) in [6.45, 7) is 6.92. The lowest BCUT2D eigenvalue weighted by molar-refractivity contribution is -0.125. The SMILES string of the molecule is CC(C)CN1C[C@@H](NCc2ccccc2O)C[C@H]1C(=O)NCCc1ccccc1F. The molecule has 3 N–H and O–H groups in total. The number of hydrogen-bond donors (Lipinski definition) is 3. The maximum Gasteiger partial charge on any atom is 0.237 e. The smallest absolute Gasteiger partial charge is 0.237 e. The fourth-order valence-corrected chi connectivity index (χ4v) is 4.05. The highest BCUT2D eigenvalue weighted by Crippen LogP contribution is 2.21. The van der Waals surface area contributed by atoms with Crippen LogP contribution in [0.25, 0.3) is 0 Å². The number of aromatic hydroxyl groups is 1. The number of nitrogens with one attached hydrogen (secondary N) is 2. The minimum Gasteiger partial charge on any atom is -0.508 e. The Morgan fingerprint density at radius 1 is 1.17 bits per heavy atom. The third-order valence-corrected chi connectivity index (χ3v) is 5.53. The molecule has 1 aliphatic heterocycles. The van der Waals surface area contributed by atoms with Crippen molar-refractivity contribution in [3.8, 4) is 5.75 Å². The predicted molar refractivity (Wildman–Crippen MR) is 117 cm³/mol. The van der Waals surface area contributed by atoms with Gasteiger partial charge in [0.2, 0.25) is 5.91 Å². The summed E-state index contributed by atoms with van der Waals surface area (Å²) < 4.78 is 13.8. The molecule has 30 heavy (non-hydrogen) atoms. The number of hydrogen-bond acceptors (Lipinski definition) is 4. The van der Waals surface area contributed by atoms with Gasteiger partial charge in [-0.1, -0.05) is 50.2 Å². The summed E-state index contributed by atoms with van der Waals surface area (Å²) >= 11 is 0. The topological polar surface area (TPSA) is 64.6 Å². The molecule has 0 spiro atoms. The van der Waals surface area contributed by atoms with Crippen LogP contribution in [0.4, 0.5) is 4.39 Å². The van der Waals surface area contributed by atoms with Crippen molar-refractivity contribution >= 4 is 5.91 Å². The van der Waals surface area contributed by atoms with E-state index in [1.165, 1.54) is 6.07 Å². The first-order chi connectivity index (χ1) is 14.4. The minimum absolute atomic E-state index is 0.00107. The molecule has 0 aliphatic carbocycles. The summed E-state index contributed by atoms with van der Waals surface area (Å²) in [5.74, 6) is 0.501. The van der Waals surface area contributed by atoms with Gasteiger partial charge < -0.3 is 15.7 Å². The van der Waals surface area contributed by atoms with Gasteiger partial charge in [0.05, 0.1) is 6.04 Å². The number of likely N-dealkylation sites (tertiary alicyclic amines) is 1. The number of carbonyl (C=O) groups excluding carboxylic acids is 1. The van der Waals surface area contributed by atoms with Crippen molar-refractivity contribution in [1.82, 2.24) is 15.5 Å². The molecule has 0 aromatic heterocycles. The van der Waals surface area contributed by atoms with Crippen LogP contribution >= 0.6 is 0 Å². The third-order valence-electron chi connectivity index (χ3n) is 5.53. The average molecular weight is 414 g/mol. The summed E-state index contributed by atoms with van der Waals surface area (Å²) in [5.41, 5.74) is 1.47. The van der Waals surface area contributed by atoms with Crippen molar-refractivity contribution in [2.75, 3.05) is 19.6 Å². The first-order valence-corrected chi connectivity index (χ1v) is 10.7. The highest BCUT2D eigenvalue weighted by atomic mass is 19.1. The maximum atomic E-state index is 13.8. The third kappa shape index (κ3) is 6.03. The summed E-state index contributed by atoms with van der Waals surface area (Å²) in [5, 5.41) is 16.4. The number of carbonyl (C=O) groups is 1. The molecule has 0 unspecified atom stereocenters. The van der Waals surface area contributed by atoms with Crippen LogP contribution in [0.5, 0.6) is 5.75 Å². The maximum absolute atomic E-state index is 13.8. The highest BCUT2D eigenvalue weighted by Gasteiger charge is 2.36. The largest absolute Gasteiger partial charge is 0.508 e. The Kier molecular flexibility index (Phi) is 7.82. The summed E-state index contributed by atoms with van der Waals surface area (Å²) in [6.07, 6.45) is 1.19. The molecule has 0 bridgehead atoms. The lowest BCUT2D eigenvalue weighted by Crippen LogP contribution is -2.45. The Hall–Kier alpha value is -2.44. The van der Waals surface area contributed by atoms with Crippen molar-refractivity contribution in [1.29, 1.82) is 0 Å². The molecule has 1 aliphatic rings. The Balaban J connectivity index is 1.55. The summed E-state index contributed by atoms with van der Waals surface area (Å²) in [4.78, 5) is 15.1. The van der Waals surface area contributed by atoms with Gasteiger partial charge in [-0.05, 0) is 36.5 Å². The quantitative estimate of drug-likeness (QED) is 0.591. The summed E-state index contributed by atoms with van der Waals surface area (Å²) in [6, 6.07) is 13.9. The van der Waals surface area contributed by atoms with Crippen molar-refractivity contribution in [2.24, 2.45) is 5.92 Å². The van der Waals surface area contributed by atoms with E-state index in [-0.39, 0.29) is 29.6 Å². The van der Waals surface area contributed by atoms with Crippen molar-refractivity contribution in [2.45, 2.75) is 45.3 Å². The van der Waals surface area contributed by atoms with Gasteiger partial charge >= 0.3 is 0 Å². The lowest BCUT2D eigenvalue weighted by atomic mass is 10.1. The first kappa shape index (κ1) is 22.2. The van der Waals surface area contributed by atoms with Gasteiger partial charge in [-0.2, -0.15) is 0 Å². The zero-order chi connectivity index (χ0) is 21.5. The number of para-hydroxylation sites is 1. The van der Waals surface area contributed by atoms with Crippen LogP contribution in [-0.2, 0) is 17.8 Å². The molecule has 0 saturated carbocycles. The van der Waals surface area contributed by atoms with Gasteiger partial charge in [0.1, 0.15) is 11.6 Å². The number of phenols is 1. The van der Waals surface area contributed by atoms with Crippen LogP contribution in [0, 0.1) is 11.7 Å². The van der Waals surface area contributed by atoms with Crippen molar-refractivity contribution in [3.05, 3.63) is 65.5 Å². The number of phenolic OH excluding ortho intramolecular Hbond substituents is 1. The normalized spacial score (nSPS) is 19.3. The minimum atomic E-state index is -0.234. The molecule has 162 valence electrons. The second-order valence-electron chi connectivity index (χ2n) is 8.44. The number of rotatable bonds is 9. The molecule has 0 radical (unpaired) electrons. The molecule has 1 saturated heterocycles. The zero-order valence-electron chi connectivity index (χ0n) is 17.8. The van der Waals surface area contributed by atoms with Crippen LogP contribution in [0.1, 0.15) is 31.4 Å². The van der Waals surface area contributed by atoms with E-state index < -0.39 is 0 Å². The van der Waals surface area contributed by atoms with E-state index >= 15 is 0 Å². The molecule has 5 nitrogen and oxygen atoms in total. The van der Waals surface area contributed by atoms with Gasteiger partial charge in [0, 0.05) is 37.8 Å². The molecule has 3 rings (SSSR count). The lowest BCUT2D eigenvalue weighted by Gasteiger charge is -2.25. The van der Waals surface area contributed by atoms with E-state index in [9.17, 15) is 14.3 Å². The fourth-order valence-electron chi connectivity index (χ4n) is 4.05. The standard InChI is InChI=1S/C24H32FN3O2/c1-17(2)15-28-16-20(27-14-19-8-4-6-10-23(19)29)13-22(28)24(30)26-12-11-18-7-3-5-9-21(18)25/h3-10,17,20,22,27,29H,11-16H2,1-2H3,(H,26,30)/t20-,22-/m0/s1. The molecule has 2 aromatic rings. The van der Waals surface area contributed by atoms with Gasteiger partial charge in [0.25, 0.3) is 0 Å². The highest BCUT2D eigenvalue weighted by molar-refractivity contribution is 5.82. The van der Waals surface area contributed by atoms with Crippen LogP contribution < -0.4 is 10.6 Å². The van der Waals surface area contributed by atoms with E-state index in [4.69, 9.17) is 0 Å². The molecular weight excluding hydrogens is 381 g/mol. The molecule has 1 fully saturated rings. The number of halogens is 1. The second-order valence-corrected chi connectivity index (χ2v) is 8.44. The van der Waals surface area contributed by atoms with E-state index in [2.05, 4.69) is 29.4 Å². The first-order valence-electron chi connectivity index (χ1n) is 10.7. The van der Waals surface area contributed by atoms with Crippen LogP contribution in [0.3, 0.4) is 0 Å². The van der Waals surface area contributed by atoms with Gasteiger partial charge in [0.15, 0.2) is 0 Å². The van der Waals surface area contributed by atoms with Crippen molar-refractivity contribution in [3.63, 3.8) is 0 Å². The van der Waals surface area contributed by atoms with E-state index in [0.29, 0.717) is 37.4 Å². The van der Waals surface area contributed by atoms with Crippen LogP contribution in [0.15, 0.2) is 48.5 Å². The summed E-state index contributed by atoms with van der Waals surface area (Å²) in [7, 11) is 0. The van der Waals surface area contributed by atoms with Crippen LogP contribution in [-0.4, -0.2) is 47.6 Å².